The van der Waals surface area contributed by atoms with Gasteiger partial charge in [0.25, 0.3) is 0 Å². The fourth-order valence-electron chi connectivity index (χ4n) is 1.63. The van der Waals surface area contributed by atoms with E-state index in [0.717, 1.165) is 10.9 Å². The van der Waals surface area contributed by atoms with Crippen LogP contribution in [0.15, 0.2) is 15.9 Å². The Labute approximate surface area is 84.6 Å². The molecule has 12 heavy (non-hydrogen) atoms. The third-order valence-corrected chi connectivity index (χ3v) is 4.73. The van der Waals surface area contributed by atoms with Crippen molar-refractivity contribution in [1.29, 1.82) is 0 Å². The molecule has 0 radical (unpaired) electrons. The molecule has 1 aromatic rings. The second-order valence-corrected chi connectivity index (χ2v) is 5.46. The smallest absolute Gasteiger partial charge is 0.0468 e. The van der Waals surface area contributed by atoms with Crippen molar-refractivity contribution in [1.82, 2.24) is 0 Å². The van der Waals surface area contributed by atoms with Crippen molar-refractivity contribution in [3.63, 3.8) is 0 Å². The van der Waals surface area contributed by atoms with E-state index in [1.807, 2.05) is 0 Å². The van der Waals surface area contributed by atoms with Crippen molar-refractivity contribution in [3.8, 4) is 0 Å². The van der Waals surface area contributed by atoms with Crippen LogP contribution in [0.5, 0.6) is 0 Å². The Morgan fingerprint density at radius 3 is 3.00 bits per heavy atom. The molecule has 0 saturated heterocycles. The highest BCUT2D eigenvalue weighted by atomic mass is 79.9. The maximum Gasteiger partial charge on any atom is 0.0468 e. The summed E-state index contributed by atoms with van der Waals surface area (Å²) in [5.74, 6) is 0.489. The zero-order valence-electron chi connectivity index (χ0n) is 6.88. The first-order valence-electron chi connectivity index (χ1n) is 4.02. The molecule has 1 saturated carbocycles. The minimum atomic E-state index is 0.269. The van der Waals surface area contributed by atoms with Crippen LogP contribution in [0.1, 0.15) is 18.2 Å². The van der Waals surface area contributed by atoms with Gasteiger partial charge in [-0.15, -0.1) is 11.3 Å². The fourth-order valence-corrected chi connectivity index (χ4v) is 3.32. The monoisotopic (exact) mass is 246 g/mol. The zero-order chi connectivity index (χ0) is 8.77. The highest BCUT2D eigenvalue weighted by Crippen LogP contribution is 2.55. The summed E-state index contributed by atoms with van der Waals surface area (Å²) in [6.07, 6.45) is 1.14. The van der Waals surface area contributed by atoms with Gasteiger partial charge in [0.1, 0.15) is 0 Å². The average molecular weight is 247 g/mol. The fraction of sp³-hybridized carbons (Fsp3) is 0.556. The number of aliphatic hydroxyl groups excluding tert-OH is 1. The van der Waals surface area contributed by atoms with Gasteiger partial charge in [-0.2, -0.15) is 0 Å². The average Bonchev–Trinajstić information content (AvgIpc) is 2.50. The highest BCUT2D eigenvalue weighted by Gasteiger charge is 2.51. The third-order valence-electron chi connectivity index (χ3n) is 2.76. The summed E-state index contributed by atoms with van der Waals surface area (Å²) in [5, 5.41) is 11.1. The quantitative estimate of drug-likeness (QED) is 0.852. The Kier molecular flexibility index (Phi) is 2.05. The van der Waals surface area contributed by atoms with E-state index < -0.39 is 0 Å². The van der Waals surface area contributed by atoms with Crippen LogP contribution in [-0.2, 0) is 5.41 Å². The first kappa shape index (κ1) is 8.73. The van der Waals surface area contributed by atoms with Crippen LogP contribution in [0, 0.1) is 5.92 Å². The maximum absolute atomic E-state index is 9.00. The minimum Gasteiger partial charge on any atom is -0.396 e. The van der Waals surface area contributed by atoms with Crippen molar-refractivity contribution in [3.05, 3.63) is 20.8 Å². The van der Waals surface area contributed by atoms with Crippen molar-refractivity contribution < 1.29 is 5.11 Å². The number of thiophene rings is 1. The van der Waals surface area contributed by atoms with Gasteiger partial charge in [-0.3, -0.25) is 0 Å². The summed E-state index contributed by atoms with van der Waals surface area (Å²) >= 11 is 5.22. The Bertz CT molecular complexity index is 296. The lowest BCUT2D eigenvalue weighted by molar-refractivity contribution is 0.266. The molecule has 1 aromatic heterocycles. The topological polar surface area (TPSA) is 20.2 Å². The van der Waals surface area contributed by atoms with Crippen LogP contribution < -0.4 is 0 Å². The summed E-state index contributed by atoms with van der Waals surface area (Å²) in [7, 11) is 0. The van der Waals surface area contributed by atoms with Gasteiger partial charge in [0.05, 0.1) is 0 Å². The Morgan fingerprint density at radius 2 is 2.58 bits per heavy atom. The SMILES string of the molecule is CC1(c2cc(Br)cs2)CC1CO. The molecule has 66 valence electrons. The number of aliphatic hydroxyl groups is 1. The largest absolute Gasteiger partial charge is 0.396 e. The van der Waals surface area contributed by atoms with Gasteiger partial charge in [-0.1, -0.05) is 6.92 Å². The van der Waals surface area contributed by atoms with E-state index in [2.05, 4.69) is 34.3 Å². The van der Waals surface area contributed by atoms with Crippen molar-refractivity contribution in [2.45, 2.75) is 18.8 Å². The summed E-state index contributed by atoms with van der Waals surface area (Å²) in [6, 6.07) is 2.17. The van der Waals surface area contributed by atoms with Crippen LogP contribution in [0.4, 0.5) is 0 Å². The lowest BCUT2D eigenvalue weighted by atomic mass is 10.1. The van der Waals surface area contributed by atoms with Gasteiger partial charge < -0.3 is 5.11 Å². The molecular weight excluding hydrogens is 236 g/mol. The molecule has 2 atom stereocenters. The molecule has 1 N–H and O–H groups in total. The highest BCUT2D eigenvalue weighted by molar-refractivity contribution is 9.10. The minimum absolute atomic E-state index is 0.269. The van der Waals surface area contributed by atoms with Gasteiger partial charge in [-0.05, 0) is 34.3 Å². The molecule has 1 heterocycles. The number of hydrogen-bond acceptors (Lipinski definition) is 2. The Hall–Kier alpha value is 0.140. The molecule has 1 nitrogen and oxygen atoms in total. The standard InChI is InChI=1S/C9H11BrOS/c1-9(3-6(9)4-11)8-2-7(10)5-12-8/h2,5-6,11H,3-4H2,1H3. The molecule has 2 unspecified atom stereocenters. The summed E-state index contributed by atoms with van der Waals surface area (Å²) in [4.78, 5) is 1.40. The maximum atomic E-state index is 9.00. The molecule has 1 aliphatic rings. The van der Waals surface area contributed by atoms with Gasteiger partial charge in [0, 0.05) is 26.8 Å². The second-order valence-electron chi connectivity index (χ2n) is 3.63. The Morgan fingerprint density at radius 1 is 1.83 bits per heavy atom. The molecule has 2 rings (SSSR count). The molecule has 0 bridgehead atoms. The normalized spacial score (nSPS) is 33.8. The molecule has 1 fully saturated rings. The number of rotatable bonds is 2. The van der Waals surface area contributed by atoms with E-state index in [4.69, 9.17) is 5.11 Å². The van der Waals surface area contributed by atoms with Gasteiger partial charge in [0.2, 0.25) is 0 Å². The lowest BCUT2D eigenvalue weighted by Gasteiger charge is -2.05. The van der Waals surface area contributed by atoms with Crippen LogP contribution >= 0.6 is 27.3 Å². The lowest BCUT2D eigenvalue weighted by Crippen LogP contribution is -2.03. The molecular formula is C9H11BrOS. The number of hydrogen-bond donors (Lipinski definition) is 1. The van der Waals surface area contributed by atoms with E-state index in [1.165, 1.54) is 4.88 Å². The van der Waals surface area contributed by atoms with E-state index >= 15 is 0 Å². The molecule has 0 amide bonds. The summed E-state index contributed by atoms with van der Waals surface area (Å²) < 4.78 is 1.16. The zero-order valence-corrected chi connectivity index (χ0v) is 9.28. The van der Waals surface area contributed by atoms with Crippen molar-refractivity contribution >= 4 is 27.3 Å². The molecule has 0 aliphatic heterocycles. The molecule has 0 spiro atoms. The predicted octanol–water partition coefficient (Wildman–Crippen LogP) is 2.78. The van der Waals surface area contributed by atoms with Crippen molar-refractivity contribution in [2.24, 2.45) is 5.92 Å². The molecule has 3 heteroatoms. The van der Waals surface area contributed by atoms with Crippen LogP contribution in [0.25, 0.3) is 0 Å². The molecule has 1 aliphatic carbocycles. The first-order valence-corrected chi connectivity index (χ1v) is 5.69. The Balaban J connectivity index is 2.22. The van der Waals surface area contributed by atoms with E-state index in [9.17, 15) is 0 Å². The molecule has 0 aromatic carbocycles. The van der Waals surface area contributed by atoms with Crippen LogP contribution in [0.2, 0.25) is 0 Å². The van der Waals surface area contributed by atoms with Gasteiger partial charge in [-0.25, -0.2) is 0 Å². The van der Waals surface area contributed by atoms with Gasteiger partial charge >= 0.3 is 0 Å². The first-order chi connectivity index (χ1) is 5.66. The van der Waals surface area contributed by atoms with Crippen LogP contribution in [0.3, 0.4) is 0 Å². The van der Waals surface area contributed by atoms with Crippen LogP contribution in [-0.4, -0.2) is 11.7 Å². The second kappa shape index (κ2) is 2.82. The third kappa shape index (κ3) is 1.24. The predicted molar refractivity (Wildman–Crippen MR) is 54.6 cm³/mol. The van der Waals surface area contributed by atoms with Gasteiger partial charge in [0.15, 0.2) is 0 Å². The number of halogens is 1. The van der Waals surface area contributed by atoms with Crippen molar-refractivity contribution in [2.75, 3.05) is 6.61 Å². The van der Waals surface area contributed by atoms with E-state index in [1.54, 1.807) is 11.3 Å². The summed E-state index contributed by atoms with van der Waals surface area (Å²) in [6.45, 7) is 2.55. The summed E-state index contributed by atoms with van der Waals surface area (Å²) in [5.41, 5.74) is 0.269. The van der Waals surface area contributed by atoms with E-state index in [-0.39, 0.29) is 5.41 Å². The van der Waals surface area contributed by atoms with E-state index in [0.29, 0.717) is 12.5 Å².